The van der Waals surface area contributed by atoms with Crippen LogP contribution in [0.4, 0.5) is 11.4 Å². The zero-order valence-electron chi connectivity index (χ0n) is 22.8. The summed E-state index contributed by atoms with van der Waals surface area (Å²) in [5, 5.41) is 3.59. The molecule has 8 heteroatoms. The summed E-state index contributed by atoms with van der Waals surface area (Å²) in [4.78, 5) is 39.9. The summed E-state index contributed by atoms with van der Waals surface area (Å²) in [6.45, 7) is 10.1. The first-order chi connectivity index (χ1) is 17.5. The highest BCUT2D eigenvalue weighted by atomic mass is 32.2. The summed E-state index contributed by atoms with van der Waals surface area (Å²) in [7, 11) is 3.94. The Labute approximate surface area is 224 Å². The molecule has 0 bridgehead atoms. The summed E-state index contributed by atoms with van der Waals surface area (Å²) < 4.78 is 0. The summed E-state index contributed by atoms with van der Waals surface area (Å²) >= 11 is 1.30. The molecule has 0 aliphatic heterocycles. The van der Waals surface area contributed by atoms with Crippen molar-refractivity contribution in [3.63, 3.8) is 0 Å². The molecule has 0 unspecified atom stereocenters. The normalized spacial score (nSPS) is 11.8. The highest BCUT2D eigenvalue weighted by molar-refractivity contribution is 7.99. The first kappa shape index (κ1) is 28.2. The monoisotopic (exact) mass is 519 g/mol. The number of carbonyl (C=O) groups is 2. The number of nitrogens with zero attached hydrogens (tertiary/aromatic N) is 4. The molecule has 2 amide bonds. The Hall–Kier alpha value is -3.39. The van der Waals surface area contributed by atoms with Crippen LogP contribution in [0, 0.1) is 26.7 Å². The molecule has 0 aliphatic carbocycles. The molecule has 0 radical (unpaired) electrons. The Balaban J connectivity index is 1.87. The predicted molar refractivity (Wildman–Crippen MR) is 152 cm³/mol. The number of amides is 2. The number of aryl methyl sites for hydroxylation is 3. The molecule has 3 aromatic rings. The maximum Gasteiger partial charge on any atom is 0.247 e. The van der Waals surface area contributed by atoms with Gasteiger partial charge in [-0.05, 0) is 68.1 Å². The van der Waals surface area contributed by atoms with E-state index in [9.17, 15) is 9.59 Å². The van der Waals surface area contributed by atoms with Crippen molar-refractivity contribution in [2.24, 2.45) is 5.92 Å². The molecule has 0 spiro atoms. The minimum absolute atomic E-state index is 0.100. The fourth-order valence-electron chi connectivity index (χ4n) is 4.14. The van der Waals surface area contributed by atoms with Gasteiger partial charge in [-0.15, -0.1) is 0 Å². The molecular weight excluding hydrogens is 482 g/mol. The molecule has 0 saturated heterocycles. The van der Waals surface area contributed by atoms with Gasteiger partial charge in [-0.2, -0.15) is 0 Å². The smallest absolute Gasteiger partial charge is 0.247 e. The van der Waals surface area contributed by atoms with Crippen LogP contribution in [0.15, 0.2) is 59.8 Å². The zero-order valence-corrected chi connectivity index (χ0v) is 23.6. The van der Waals surface area contributed by atoms with Crippen molar-refractivity contribution in [3.05, 3.63) is 77.1 Å². The third-order valence-corrected chi connectivity index (χ3v) is 6.93. The van der Waals surface area contributed by atoms with Gasteiger partial charge < -0.3 is 15.1 Å². The van der Waals surface area contributed by atoms with Crippen molar-refractivity contribution in [3.8, 4) is 0 Å². The van der Waals surface area contributed by atoms with Crippen LogP contribution < -0.4 is 10.2 Å². The second-order valence-electron chi connectivity index (χ2n) is 9.79. The minimum Gasteiger partial charge on any atom is -0.378 e. The first-order valence-corrected chi connectivity index (χ1v) is 13.4. The van der Waals surface area contributed by atoms with Gasteiger partial charge in [-0.1, -0.05) is 49.9 Å². The van der Waals surface area contributed by atoms with Gasteiger partial charge in [-0.25, -0.2) is 9.97 Å². The minimum atomic E-state index is -0.651. The zero-order chi connectivity index (χ0) is 27.1. The molecule has 3 rings (SSSR count). The Bertz CT molecular complexity index is 1210. The van der Waals surface area contributed by atoms with Gasteiger partial charge in [0.15, 0.2) is 5.16 Å². The maximum absolute atomic E-state index is 13.7. The Morgan fingerprint density at radius 3 is 2.14 bits per heavy atom. The number of aromatic nitrogens is 2. The fourth-order valence-corrected chi connectivity index (χ4v) is 4.98. The van der Waals surface area contributed by atoms with Crippen LogP contribution in [0.25, 0.3) is 0 Å². The standard InChI is InChI=1S/C29H37N5O2S/c1-19(2)27(28(36)32-24-12-14-25(15-13-24)33(6)7)34(17-23-11-9-8-10-20(23)3)26(35)18-37-29-30-21(4)16-22(5)31-29/h8-16,19,27H,17-18H2,1-7H3,(H,32,36)/t27-/m0/s1. The van der Waals surface area contributed by atoms with Crippen LogP contribution in [0.2, 0.25) is 0 Å². The van der Waals surface area contributed by atoms with Gasteiger partial charge in [-0.3, -0.25) is 9.59 Å². The number of rotatable bonds is 10. The summed E-state index contributed by atoms with van der Waals surface area (Å²) in [6.07, 6.45) is 0. The van der Waals surface area contributed by atoms with Gasteiger partial charge in [0.25, 0.3) is 0 Å². The lowest BCUT2D eigenvalue weighted by Crippen LogP contribution is -2.50. The second-order valence-corrected chi connectivity index (χ2v) is 10.7. The van der Waals surface area contributed by atoms with Gasteiger partial charge in [0, 0.05) is 43.4 Å². The van der Waals surface area contributed by atoms with Crippen molar-refractivity contribution in [1.29, 1.82) is 0 Å². The molecular formula is C29H37N5O2S. The second kappa shape index (κ2) is 12.7. The van der Waals surface area contributed by atoms with E-state index < -0.39 is 6.04 Å². The van der Waals surface area contributed by atoms with Crippen LogP contribution in [0.3, 0.4) is 0 Å². The molecule has 0 saturated carbocycles. The number of benzene rings is 2. The highest BCUT2D eigenvalue weighted by Gasteiger charge is 2.33. The van der Waals surface area contributed by atoms with E-state index in [0.29, 0.717) is 17.4 Å². The molecule has 0 fully saturated rings. The maximum atomic E-state index is 13.7. The summed E-state index contributed by atoms with van der Waals surface area (Å²) in [5.74, 6) is -0.297. The molecule has 37 heavy (non-hydrogen) atoms. The largest absolute Gasteiger partial charge is 0.378 e. The number of nitrogens with one attached hydrogen (secondary N) is 1. The highest BCUT2D eigenvalue weighted by Crippen LogP contribution is 2.23. The van der Waals surface area contributed by atoms with Crippen molar-refractivity contribution >= 4 is 35.0 Å². The van der Waals surface area contributed by atoms with Gasteiger partial charge in [0.2, 0.25) is 11.8 Å². The van der Waals surface area contributed by atoms with Crippen LogP contribution in [-0.4, -0.2) is 52.6 Å². The number of thioether (sulfide) groups is 1. The summed E-state index contributed by atoms with van der Waals surface area (Å²) in [5.41, 5.74) is 5.55. The number of carbonyl (C=O) groups excluding carboxylic acids is 2. The van der Waals surface area contributed by atoms with E-state index in [1.807, 2.05) is 108 Å². The summed E-state index contributed by atoms with van der Waals surface area (Å²) in [6, 6.07) is 16.9. The number of hydrogen-bond donors (Lipinski definition) is 1. The Kier molecular flexibility index (Phi) is 9.69. The van der Waals surface area contributed by atoms with Crippen molar-refractivity contribution in [2.45, 2.75) is 52.4 Å². The van der Waals surface area contributed by atoms with Crippen molar-refractivity contribution in [1.82, 2.24) is 14.9 Å². The van der Waals surface area contributed by atoms with Crippen LogP contribution in [0.5, 0.6) is 0 Å². The van der Waals surface area contributed by atoms with E-state index >= 15 is 0 Å². The van der Waals surface area contributed by atoms with E-state index in [-0.39, 0.29) is 23.5 Å². The third-order valence-electron chi connectivity index (χ3n) is 6.10. The van der Waals surface area contributed by atoms with E-state index in [2.05, 4.69) is 15.3 Å². The lowest BCUT2D eigenvalue weighted by atomic mass is 9.99. The van der Waals surface area contributed by atoms with Gasteiger partial charge >= 0.3 is 0 Å². The van der Waals surface area contributed by atoms with E-state index in [1.54, 1.807) is 4.90 Å². The molecule has 0 aliphatic rings. The Morgan fingerprint density at radius 1 is 0.946 bits per heavy atom. The lowest BCUT2D eigenvalue weighted by molar-refractivity contribution is -0.138. The third kappa shape index (κ3) is 7.79. The average molecular weight is 520 g/mol. The lowest BCUT2D eigenvalue weighted by Gasteiger charge is -2.34. The fraction of sp³-hybridized carbons (Fsp3) is 0.379. The van der Waals surface area contributed by atoms with Gasteiger partial charge in [0.05, 0.1) is 5.75 Å². The van der Waals surface area contributed by atoms with E-state index in [4.69, 9.17) is 0 Å². The van der Waals surface area contributed by atoms with E-state index in [0.717, 1.165) is 28.2 Å². The average Bonchev–Trinajstić information content (AvgIpc) is 2.83. The number of hydrogen-bond acceptors (Lipinski definition) is 6. The van der Waals surface area contributed by atoms with Gasteiger partial charge in [0.1, 0.15) is 6.04 Å². The van der Waals surface area contributed by atoms with Crippen LogP contribution in [-0.2, 0) is 16.1 Å². The molecule has 1 atom stereocenters. The van der Waals surface area contributed by atoms with Crippen LogP contribution >= 0.6 is 11.8 Å². The quantitative estimate of drug-likeness (QED) is 0.291. The Morgan fingerprint density at radius 2 is 1.57 bits per heavy atom. The number of anilines is 2. The topological polar surface area (TPSA) is 78.4 Å². The molecule has 1 N–H and O–H groups in total. The predicted octanol–water partition coefficient (Wildman–Crippen LogP) is 5.25. The van der Waals surface area contributed by atoms with Crippen molar-refractivity contribution < 1.29 is 9.59 Å². The molecule has 7 nitrogen and oxygen atoms in total. The van der Waals surface area contributed by atoms with Crippen molar-refractivity contribution in [2.75, 3.05) is 30.1 Å². The first-order valence-electron chi connectivity index (χ1n) is 12.4. The molecule has 1 aromatic heterocycles. The molecule has 196 valence electrons. The SMILES string of the molecule is Cc1cc(C)nc(SCC(=O)N(Cc2ccccc2C)[C@H](C(=O)Nc2ccc(N(C)C)cc2)C(C)C)n1. The molecule has 2 aromatic carbocycles. The van der Waals surface area contributed by atoms with E-state index in [1.165, 1.54) is 11.8 Å². The molecule has 1 heterocycles. The van der Waals surface area contributed by atoms with Crippen LogP contribution in [0.1, 0.15) is 36.4 Å².